The Hall–Kier alpha value is -0.330. The Balaban J connectivity index is 2.93. The fourth-order valence-electron chi connectivity index (χ4n) is 0.238. The van der Waals surface area contributed by atoms with Gasteiger partial charge in [-0.15, -0.1) is 0 Å². The zero-order valence-electron chi connectivity index (χ0n) is 3.64. The minimum Gasteiger partial charge on any atom is -0.300 e. The molecule has 0 aliphatic rings. The molecule has 0 fully saturated rings. The zero-order chi connectivity index (χ0) is 5.98. The summed E-state index contributed by atoms with van der Waals surface area (Å²) in [6, 6.07) is 0. The molecule has 1 aromatic heterocycles. The van der Waals surface area contributed by atoms with E-state index in [2.05, 4.69) is 9.36 Å². The van der Waals surface area contributed by atoms with Crippen LogP contribution in [0.1, 0.15) is 0 Å². The summed E-state index contributed by atoms with van der Waals surface area (Å²) in [5.41, 5.74) is 1.41. The van der Waals surface area contributed by atoms with Gasteiger partial charge < -0.3 is 0 Å². The van der Waals surface area contributed by atoms with Crippen molar-refractivity contribution in [2.45, 2.75) is 5.16 Å². The van der Waals surface area contributed by atoms with Gasteiger partial charge in [-0.3, -0.25) is 4.55 Å². The van der Waals surface area contributed by atoms with E-state index in [0.717, 1.165) is 11.5 Å². The number of hydrogen-bond acceptors (Lipinski definition) is 4. The van der Waals surface area contributed by atoms with Gasteiger partial charge in [-0.2, -0.15) is 4.37 Å². The Labute approximate surface area is 52.0 Å². The molecule has 44 valence electrons. The van der Waals surface area contributed by atoms with Gasteiger partial charge in [0, 0.05) is 0 Å². The lowest BCUT2D eigenvalue weighted by atomic mass is 11.3. The molecular formula is C2H2N2O2S2. The second-order valence-electron chi connectivity index (χ2n) is 0.963. The van der Waals surface area contributed by atoms with Crippen molar-refractivity contribution in [2.24, 2.45) is 0 Å². The van der Waals surface area contributed by atoms with Gasteiger partial charge in [0.1, 0.15) is 5.51 Å². The van der Waals surface area contributed by atoms with Crippen LogP contribution in [0.15, 0.2) is 10.7 Å². The predicted octanol–water partition coefficient (Wildman–Crippen LogP) is 0.119. The van der Waals surface area contributed by atoms with Crippen molar-refractivity contribution < 1.29 is 8.76 Å². The summed E-state index contributed by atoms with van der Waals surface area (Å²) in [6.45, 7) is 0. The van der Waals surface area contributed by atoms with Gasteiger partial charge in [0.15, 0.2) is 0 Å². The summed E-state index contributed by atoms with van der Waals surface area (Å²) in [5, 5.41) is -0.0185. The second kappa shape index (κ2) is 2.29. The molecule has 0 radical (unpaired) electrons. The van der Waals surface area contributed by atoms with Crippen molar-refractivity contribution in [2.75, 3.05) is 0 Å². The molecule has 4 nitrogen and oxygen atoms in total. The van der Waals surface area contributed by atoms with Gasteiger partial charge in [0.05, 0.1) is 0 Å². The molecule has 1 unspecified atom stereocenters. The predicted molar refractivity (Wildman–Crippen MR) is 28.9 cm³/mol. The number of nitrogens with zero attached hydrogens (tertiary/aromatic N) is 2. The lowest BCUT2D eigenvalue weighted by Gasteiger charge is -1.76. The highest BCUT2D eigenvalue weighted by Gasteiger charge is 2.00. The largest absolute Gasteiger partial charge is 0.300 e. The fraction of sp³-hybridized carbons (Fsp3) is 0. The normalized spacial score (nSPS) is 13.6. The molecule has 1 atom stereocenters. The van der Waals surface area contributed by atoms with Crippen LogP contribution in [0.5, 0.6) is 0 Å². The quantitative estimate of drug-likeness (QED) is 0.577. The molecule has 0 spiro atoms. The van der Waals surface area contributed by atoms with E-state index in [-0.39, 0.29) is 5.16 Å². The average Bonchev–Trinajstić information content (AvgIpc) is 2.12. The van der Waals surface area contributed by atoms with Gasteiger partial charge in [0.25, 0.3) is 5.16 Å². The van der Waals surface area contributed by atoms with Crippen molar-refractivity contribution in [3.05, 3.63) is 5.51 Å². The number of aromatic nitrogens is 2. The van der Waals surface area contributed by atoms with E-state index in [9.17, 15) is 4.21 Å². The van der Waals surface area contributed by atoms with Crippen molar-refractivity contribution >= 4 is 22.6 Å². The van der Waals surface area contributed by atoms with Crippen LogP contribution in [0.2, 0.25) is 0 Å². The summed E-state index contributed by atoms with van der Waals surface area (Å²) in [4.78, 5) is 3.47. The number of rotatable bonds is 1. The van der Waals surface area contributed by atoms with Crippen LogP contribution in [0.3, 0.4) is 0 Å². The number of hydrogen-bond donors (Lipinski definition) is 1. The molecule has 0 amide bonds. The van der Waals surface area contributed by atoms with Gasteiger partial charge in [-0.25, -0.2) is 9.19 Å². The Morgan fingerprint density at radius 2 is 2.62 bits per heavy atom. The molecule has 0 saturated carbocycles. The van der Waals surface area contributed by atoms with Crippen LogP contribution in [-0.2, 0) is 11.1 Å². The lowest BCUT2D eigenvalue weighted by molar-refractivity contribution is 0.557. The third-order valence-electron chi connectivity index (χ3n) is 0.497. The maximum Gasteiger partial charge on any atom is 0.258 e. The molecule has 1 rings (SSSR count). The van der Waals surface area contributed by atoms with Crippen LogP contribution >= 0.6 is 11.5 Å². The first-order valence-corrected chi connectivity index (χ1v) is 3.62. The SMILES string of the molecule is O=S(O)c1ncsn1. The summed E-state index contributed by atoms with van der Waals surface area (Å²) in [7, 11) is 0. The molecule has 0 aromatic carbocycles. The van der Waals surface area contributed by atoms with E-state index in [4.69, 9.17) is 4.55 Å². The average molecular weight is 150 g/mol. The molecule has 1 N–H and O–H groups in total. The topological polar surface area (TPSA) is 63.1 Å². The first-order chi connectivity index (χ1) is 3.80. The van der Waals surface area contributed by atoms with Gasteiger partial charge in [0.2, 0.25) is 11.1 Å². The van der Waals surface area contributed by atoms with Crippen molar-refractivity contribution in [3.8, 4) is 0 Å². The third kappa shape index (κ3) is 1.09. The molecule has 0 aliphatic carbocycles. The highest BCUT2D eigenvalue weighted by atomic mass is 32.2. The maximum atomic E-state index is 10.1. The van der Waals surface area contributed by atoms with E-state index in [1.165, 1.54) is 5.51 Å². The van der Waals surface area contributed by atoms with E-state index in [1.54, 1.807) is 0 Å². The summed E-state index contributed by atoms with van der Waals surface area (Å²) in [5.74, 6) is 0. The highest BCUT2D eigenvalue weighted by Crippen LogP contribution is 1.96. The lowest BCUT2D eigenvalue weighted by Crippen LogP contribution is -1.88. The smallest absolute Gasteiger partial charge is 0.258 e. The van der Waals surface area contributed by atoms with Crippen molar-refractivity contribution in [1.29, 1.82) is 0 Å². The van der Waals surface area contributed by atoms with Crippen LogP contribution in [0.4, 0.5) is 0 Å². The Kier molecular flexibility index (Phi) is 1.66. The van der Waals surface area contributed by atoms with Gasteiger partial charge in [-0.05, 0) is 11.5 Å². The fourth-order valence-corrected chi connectivity index (χ4v) is 1.16. The summed E-state index contributed by atoms with van der Waals surface area (Å²) >= 11 is -0.956. The van der Waals surface area contributed by atoms with Crippen LogP contribution in [0.25, 0.3) is 0 Å². The zero-order valence-corrected chi connectivity index (χ0v) is 5.28. The van der Waals surface area contributed by atoms with Crippen molar-refractivity contribution in [1.82, 2.24) is 9.36 Å². The van der Waals surface area contributed by atoms with E-state index in [1.807, 2.05) is 0 Å². The molecule has 0 bridgehead atoms. The summed E-state index contributed by atoms with van der Waals surface area (Å²) < 4.78 is 21.8. The molecule has 8 heavy (non-hydrogen) atoms. The monoisotopic (exact) mass is 150 g/mol. The molecular weight excluding hydrogens is 148 g/mol. The standard InChI is InChI=1S/C2H2N2O2S2/c5-8(6)2-3-1-7-4-2/h1H,(H,5,6). The van der Waals surface area contributed by atoms with Crippen LogP contribution in [-0.4, -0.2) is 18.1 Å². The molecule has 6 heteroatoms. The van der Waals surface area contributed by atoms with Crippen LogP contribution in [0, 0.1) is 0 Å². The maximum absolute atomic E-state index is 10.1. The minimum absolute atomic E-state index is 0.0185. The van der Waals surface area contributed by atoms with E-state index in [0.29, 0.717) is 0 Å². The minimum atomic E-state index is -2.01. The Bertz CT molecular complexity index is 184. The van der Waals surface area contributed by atoms with Crippen molar-refractivity contribution in [3.63, 3.8) is 0 Å². The first kappa shape index (κ1) is 5.80. The Morgan fingerprint density at radius 3 is 2.88 bits per heavy atom. The Morgan fingerprint density at radius 1 is 1.88 bits per heavy atom. The highest BCUT2D eigenvalue weighted by molar-refractivity contribution is 7.79. The molecule has 1 heterocycles. The van der Waals surface area contributed by atoms with E-state index < -0.39 is 11.1 Å². The molecule has 1 aromatic rings. The van der Waals surface area contributed by atoms with E-state index >= 15 is 0 Å². The second-order valence-corrected chi connectivity index (χ2v) is 2.43. The summed E-state index contributed by atoms with van der Waals surface area (Å²) in [6.07, 6.45) is 0. The first-order valence-electron chi connectivity index (χ1n) is 1.68. The molecule has 0 aliphatic heterocycles. The molecule has 0 saturated heterocycles. The van der Waals surface area contributed by atoms with Gasteiger partial charge in [-0.1, -0.05) is 0 Å². The van der Waals surface area contributed by atoms with Crippen LogP contribution < -0.4 is 0 Å². The third-order valence-corrected chi connectivity index (χ3v) is 1.60. The van der Waals surface area contributed by atoms with Gasteiger partial charge >= 0.3 is 0 Å².